The summed E-state index contributed by atoms with van der Waals surface area (Å²) in [6, 6.07) is 13.8. The lowest BCUT2D eigenvalue weighted by Gasteiger charge is -2.18. The molecule has 4 N–H and O–H groups in total. The third-order valence-corrected chi connectivity index (χ3v) is 3.63. The number of urea groups is 1. The highest BCUT2D eigenvalue weighted by Crippen LogP contribution is 2.19. The topological polar surface area (TPSA) is 93.5 Å². The summed E-state index contributed by atoms with van der Waals surface area (Å²) in [5.41, 5.74) is 7.10. The number of rotatable bonds is 6. The van der Waals surface area contributed by atoms with E-state index in [4.69, 9.17) is 10.5 Å². The van der Waals surface area contributed by atoms with Crippen molar-refractivity contribution in [3.63, 3.8) is 0 Å². The van der Waals surface area contributed by atoms with Crippen molar-refractivity contribution in [2.75, 3.05) is 5.32 Å². The van der Waals surface area contributed by atoms with Gasteiger partial charge in [-0.2, -0.15) is 0 Å². The third kappa shape index (κ3) is 5.24. The van der Waals surface area contributed by atoms with Crippen LogP contribution in [0.4, 0.5) is 10.5 Å². The van der Waals surface area contributed by atoms with Gasteiger partial charge in [0.2, 0.25) is 0 Å². The van der Waals surface area contributed by atoms with E-state index in [-0.39, 0.29) is 5.56 Å². The maximum Gasteiger partial charge on any atom is 0.322 e. The van der Waals surface area contributed by atoms with Crippen LogP contribution in [0.5, 0.6) is 5.75 Å². The zero-order valence-corrected chi connectivity index (χ0v) is 14.6. The first-order valence-corrected chi connectivity index (χ1v) is 8.09. The number of nitrogens with one attached hydrogen (secondary N) is 2. The molecule has 1 atom stereocenters. The molecule has 0 aromatic heterocycles. The zero-order valence-electron chi connectivity index (χ0n) is 14.6. The first kappa shape index (κ1) is 18.3. The molecule has 6 nitrogen and oxygen atoms in total. The van der Waals surface area contributed by atoms with Crippen LogP contribution >= 0.6 is 0 Å². The van der Waals surface area contributed by atoms with Gasteiger partial charge in [0.1, 0.15) is 5.75 Å². The van der Waals surface area contributed by atoms with Crippen molar-refractivity contribution in [2.24, 2.45) is 5.73 Å². The van der Waals surface area contributed by atoms with Crippen LogP contribution in [0, 0.1) is 0 Å². The number of carbonyl (C=O) groups is 2. The first-order valence-electron chi connectivity index (χ1n) is 8.09. The number of ether oxygens (including phenoxy) is 1. The van der Waals surface area contributed by atoms with Gasteiger partial charge in [-0.3, -0.25) is 4.79 Å². The van der Waals surface area contributed by atoms with E-state index in [1.165, 1.54) is 5.56 Å². The van der Waals surface area contributed by atoms with Gasteiger partial charge in [0, 0.05) is 0 Å². The van der Waals surface area contributed by atoms with Gasteiger partial charge >= 0.3 is 6.03 Å². The number of amides is 3. The number of carbonyl (C=O) groups excluding carboxylic acids is 2. The average Bonchev–Trinajstić information content (AvgIpc) is 2.55. The molecule has 0 aliphatic carbocycles. The molecule has 25 heavy (non-hydrogen) atoms. The van der Waals surface area contributed by atoms with Gasteiger partial charge < -0.3 is 21.1 Å². The smallest absolute Gasteiger partial charge is 0.322 e. The molecule has 2 aromatic carbocycles. The Bertz CT molecular complexity index is 742. The van der Waals surface area contributed by atoms with Crippen LogP contribution in [0.15, 0.2) is 48.5 Å². The molecule has 0 saturated heterocycles. The fraction of sp³-hybridized carbons (Fsp3) is 0.263. The highest BCUT2D eigenvalue weighted by Gasteiger charge is 2.13. The molecule has 0 aliphatic rings. The van der Waals surface area contributed by atoms with E-state index in [0.717, 1.165) is 0 Å². The van der Waals surface area contributed by atoms with Crippen LogP contribution in [0.1, 0.15) is 42.6 Å². The summed E-state index contributed by atoms with van der Waals surface area (Å²) in [5, 5.41) is 5.26. The number of primary amides is 1. The van der Waals surface area contributed by atoms with Crippen molar-refractivity contribution in [1.29, 1.82) is 0 Å². The van der Waals surface area contributed by atoms with E-state index in [0.29, 0.717) is 17.4 Å². The number of nitrogens with two attached hydrogens (primary N) is 1. The van der Waals surface area contributed by atoms with Crippen LogP contribution in [-0.4, -0.2) is 18.2 Å². The Morgan fingerprint density at radius 2 is 1.64 bits per heavy atom. The summed E-state index contributed by atoms with van der Waals surface area (Å²) in [4.78, 5) is 23.4. The van der Waals surface area contributed by atoms with Crippen molar-refractivity contribution in [3.05, 3.63) is 59.7 Å². The van der Waals surface area contributed by atoms with Crippen LogP contribution in [-0.2, 0) is 0 Å². The van der Waals surface area contributed by atoms with Crippen molar-refractivity contribution in [3.8, 4) is 5.75 Å². The number of para-hydroxylation sites is 1. The van der Waals surface area contributed by atoms with Crippen molar-refractivity contribution in [2.45, 2.75) is 32.9 Å². The normalized spacial score (nSPS) is 11.7. The Balaban J connectivity index is 1.93. The molecule has 0 bridgehead atoms. The van der Waals surface area contributed by atoms with E-state index in [1.807, 2.05) is 24.3 Å². The lowest BCUT2D eigenvalue weighted by Crippen LogP contribution is -2.39. The maximum atomic E-state index is 12.1. The van der Waals surface area contributed by atoms with E-state index < -0.39 is 18.2 Å². The fourth-order valence-electron chi connectivity index (χ4n) is 2.31. The molecule has 132 valence electrons. The molecule has 0 saturated carbocycles. The molecule has 6 heteroatoms. The monoisotopic (exact) mass is 341 g/mol. The number of hydrogen-bond acceptors (Lipinski definition) is 3. The van der Waals surface area contributed by atoms with E-state index >= 15 is 0 Å². The third-order valence-electron chi connectivity index (χ3n) is 3.63. The average molecular weight is 341 g/mol. The van der Waals surface area contributed by atoms with E-state index in [2.05, 4.69) is 24.5 Å². The van der Waals surface area contributed by atoms with Crippen LogP contribution in [0.25, 0.3) is 0 Å². The highest BCUT2D eigenvalue weighted by atomic mass is 16.5. The highest BCUT2D eigenvalue weighted by molar-refractivity contribution is 6.02. The van der Waals surface area contributed by atoms with Crippen molar-refractivity contribution < 1.29 is 14.3 Å². The second kappa shape index (κ2) is 8.19. The Kier molecular flexibility index (Phi) is 6.00. The lowest BCUT2D eigenvalue weighted by molar-refractivity contribution is 0.100. The summed E-state index contributed by atoms with van der Waals surface area (Å²) in [5.74, 6) is 0.501. The summed E-state index contributed by atoms with van der Waals surface area (Å²) >= 11 is 0. The van der Waals surface area contributed by atoms with Crippen LogP contribution in [0.2, 0.25) is 0 Å². The SMILES string of the molecule is CC(NC(=O)Nc1ccccc1C(N)=O)Oc1ccc(C(C)C)cc1. The summed E-state index contributed by atoms with van der Waals surface area (Å²) in [6.07, 6.45) is -0.550. The Labute approximate surface area is 147 Å². The molecule has 0 spiro atoms. The molecule has 2 rings (SSSR count). The first-order chi connectivity index (χ1) is 11.9. The predicted molar refractivity (Wildman–Crippen MR) is 97.7 cm³/mol. The van der Waals surface area contributed by atoms with Crippen LogP contribution < -0.4 is 21.1 Å². The minimum atomic E-state index is -0.606. The molecular formula is C19H23N3O3. The van der Waals surface area contributed by atoms with Gasteiger partial charge in [-0.25, -0.2) is 4.79 Å². The zero-order chi connectivity index (χ0) is 18.4. The Morgan fingerprint density at radius 3 is 2.24 bits per heavy atom. The standard InChI is InChI=1S/C19H23N3O3/c1-12(2)14-8-10-15(11-9-14)25-13(3)21-19(24)22-17-7-5-4-6-16(17)18(20)23/h4-13H,1-3H3,(H2,20,23)(H2,21,22,24). The van der Waals surface area contributed by atoms with Gasteiger partial charge in [-0.05, 0) is 42.7 Å². The lowest BCUT2D eigenvalue weighted by atomic mass is 10.0. The molecule has 1 unspecified atom stereocenters. The number of hydrogen-bond donors (Lipinski definition) is 3. The Hall–Kier alpha value is -3.02. The molecule has 2 aromatic rings. The summed E-state index contributed by atoms with van der Waals surface area (Å²) in [7, 11) is 0. The quantitative estimate of drug-likeness (QED) is 0.702. The van der Waals surface area contributed by atoms with Crippen LogP contribution in [0.3, 0.4) is 0 Å². The fourth-order valence-corrected chi connectivity index (χ4v) is 2.31. The molecule has 0 heterocycles. The largest absolute Gasteiger partial charge is 0.471 e. The molecule has 0 aliphatic heterocycles. The molecule has 0 fully saturated rings. The van der Waals surface area contributed by atoms with Gasteiger partial charge in [0.05, 0.1) is 11.3 Å². The van der Waals surface area contributed by atoms with Gasteiger partial charge in [-0.15, -0.1) is 0 Å². The van der Waals surface area contributed by atoms with Gasteiger partial charge in [-0.1, -0.05) is 38.1 Å². The minimum Gasteiger partial charge on any atom is -0.471 e. The summed E-state index contributed by atoms with van der Waals surface area (Å²) < 4.78 is 5.67. The molecule has 0 radical (unpaired) electrons. The molecular weight excluding hydrogens is 318 g/mol. The second-order valence-electron chi connectivity index (χ2n) is 5.99. The number of anilines is 1. The summed E-state index contributed by atoms with van der Waals surface area (Å²) in [6.45, 7) is 5.96. The van der Waals surface area contributed by atoms with Crippen molar-refractivity contribution in [1.82, 2.24) is 5.32 Å². The van der Waals surface area contributed by atoms with Crippen molar-refractivity contribution >= 4 is 17.6 Å². The molecule has 3 amide bonds. The number of benzene rings is 2. The van der Waals surface area contributed by atoms with Gasteiger partial charge in [0.25, 0.3) is 5.91 Å². The second-order valence-corrected chi connectivity index (χ2v) is 5.99. The van der Waals surface area contributed by atoms with E-state index in [1.54, 1.807) is 31.2 Å². The minimum absolute atomic E-state index is 0.246. The van der Waals surface area contributed by atoms with Gasteiger partial charge in [0.15, 0.2) is 6.23 Å². The van der Waals surface area contributed by atoms with E-state index in [9.17, 15) is 9.59 Å². The Morgan fingerprint density at radius 1 is 1.00 bits per heavy atom. The maximum absolute atomic E-state index is 12.1. The predicted octanol–water partition coefficient (Wildman–Crippen LogP) is 3.46.